The van der Waals surface area contributed by atoms with Gasteiger partial charge in [0.05, 0.1) is 6.61 Å². The molecule has 0 aromatic carbocycles. The Kier molecular flexibility index (Phi) is 2.66. The van der Waals surface area contributed by atoms with Crippen LogP contribution in [0.1, 0.15) is 6.42 Å². The third-order valence-corrected chi connectivity index (χ3v) is 2.44. The summed E-state index contributed by atoms with van der Waals surface area (Å²) in [5, 5.41) is 2.74. The summed E-state index contributed by atoms with van der Waals surface area (Å²) in [4.78, 5) is 15.7. The van der Waals surface area contributed by atoms with Crippen molar-refractivity contribution < 1.29 is 9.53 Å². The highest BCUT2D eigenvalue weighted by Gasteiger charge is 2.38. The van der Waals surface area contributed by atoms with Gasteiger partial charge >= 0.3 is 0 Å². The summed E-state index contributed by atoms with van der Waals surface area (Å²) in [6.07, 6.45) is 3.79. The van der Waals surface area contributed by atoms with Crippen LogP contribution in [-0.4, -0.2) is 29.6 Å². The molecule has 1 unspecified atom stereocenters. The van der Waals surface area contributed by atoms with Gasteiger partial charge in [-0.3, -0.25) is 9.78 Å². The van der Waals surface area contributed by atoms with Gasteiger partial charge in [-0.1, -0.05) is 0 Å². The largest absolute Gasteiger partial charge is 0.379 e. The second-order valence-electron chi connectivity index (χ2n) is 3.65. The molecule has 0 saturated carbocycles. The van der Waals surface area contributed by atoms with E-state index in [-0.39, 0.29) is 12.5 Å². The molecule has 2 rings (SSSR count). The van der Waals surface area contributed by atoms with Gasteiger partial charge in [0.25, 0.3) is 0 Å². The third kappa shape index (κ3) is 2.14. The molecule has 5 nitrogen and oxygen atoms in total. The van der Waals surface area contributed by atoms with Crippen molar-refractivity contribution in [3.63, 3.8) is 0 Å². The minimum atomic E-state index is -0.886. The van der Waals surface area contributed by atoms with Gasteiger partial charge in [-0.2, -0.15) is 0 Å². The van der Waals surface area contributed by atoms with Crippen LogP contribution in [0.25, 0.3) is 0 Å². The van der Waals surface area contributed by atoms with E-state index in [4.69, 9.17) is 10.5 Å². The fraction of sp³-hybridized carbons (Fsp3) is 0.400. The van der Waals surface area contributed by atoms with E-state index in [1.54, 1.807) is 24.5 Å². The number of hydrogen-bond donors (Lipinski definition) is 2. The maximum atomic E-state index is 11.8. The molecule has 0 aliphatic carbocycles. The summed E-state index contributed by atoms with van der Waals surface area (Å²) in [5.74, 6) is -0.203. The first-order valence-electron chi connectivity index (χ1n) is 4.79. The summed E-state index contributed by atoms with van der Waals surface area (Å²) < 4.78 is 5.12. The highest BCUT2D eigenvalue weighted by Crippen LogP contribution is 2.17. The van der Waals surface area contributed by atoms with E-state index in [0.29, 0.717) is 18.7 Å². The van der Waals surface area contributed by atoms with Gasteiger partial charge in [0.15, 0.2) is 0 Å². The molecule has 2 heterocycles. The SMILES string of the molecule is NC1(C(=O)Nc2ccncc2)CCOC1. The van der Waals surface area contributed by atoms with Crippen LogP contribution >= 0.6 is 0 Å². The number of rotatable bonds is 2. The molecule has 1 fully saturated rings. The van der Waals surface area contributed by atoms with E-state index in [0.717, 1.165) is 0 Å². The van der Waals surface area contributed by atoms with E-state index in [1.807, 2.05) is 0 Å². The van der Waals surface area contributed by atoms with Crippen molar-refractivity contribution in [1.82, 2.24) is 4.98 Å². The molecule has 1 aliphatic heterocycles. The zero-order chi connectivity index (χ0) is 10.7. The molecule has 1 atom stereocenters. The Labute approximate surface area is 87.6 Å². The summed E-state index contributed by atoms with van der Waals surface area (Å²) >= 11 is 0. The van der Waals surface area contributed by atoms with Crippen molar-refractivity contribution in [2.24, 2.45) is 5.73 Å². The first-order valence-corrected chi connectivity index (χ1v) is 4.79. The number of amides is 1. The van der Waals surface area contributed by atoms with Gasteiger partial charge in [0.1, 0.15) is 5.54 Å². The highest BCUT2D eigenvalue weighted by molar-refractivity contribution is 5.98. The molecule has 1 amide bonds. The van der Waals surface area contributed by atoms with Crippen LogP contribution in [0.4, 0.5) is 5.69 Å². The normalized spacial score (nSPS) is 25.1. The van der Waals surface area contributed by atoms with Crippen molar-refractivity contribution in [1.29, 1.82) is 0 Å². The number of nitrogens with two attached hydrogens (primary N) is 1. The van der Waals surface area contributed by atoms with Gasteiger partial charge in [0, 0.05) is 24.7 Å². The zero-order valence-electron chi connectivity index (χ0n) is 8.27. The van der Waals surface area contributed by atoms with Crippen LogP contribution in [0, 0.1) is 0 Å². The number of hydrogen-bond acceptors (Lipinski definition) is 4. The Morgan fingerprint density at radius 2 is 2.27 bits per heavy atom. The van der Waals surface area contributed by atoms with E-state index in [1.165, 1.54) is 0 Å². The Morgan fingerprint density at radius 1 is 1.53 bits per heavy atom. The number of nitrogens with one attached hydrogen (secondary N) is 1. The van der Waals surface area contributed by atoms with E-state index >= 15 is 0 Å². The molecule has 0 radical (unpaired) electrons. The topological polar surface area (TPSA) is 77.2 Å². The molecule has 1 aromatic heterocycles. The van der Waals surface area contributed by atoms with Crippen LogP contribution in [0.3, 0.4) is 0 Å². The molecule has 1 aliphatic rings. The Morgan fingerprint density at radius 3 is 2.87 bits per heavy atom. The maximum Gasteiger partial charge on any atom is 0.246 e. The van der Waals surface area contributed by atoms with Gasteiger partial charge < -0.3 is 15.8 Å². The Bertz CT molecular complexity index is 347. The van der Waals surface area contributed by atoms with Crippen molar-refractivity contribution in [2.45, 2.75) is 12.0 Å². The van der Waals surface area contributed by atoms with E-state index in [9.17, 15) is 4.79 Å². The van der Waals surface area contributed by atoms with Gasteiger partial charge in [-0.25, -0.2) is 0 Å². The van der Waals surface area contributed by atoms with Crippen molar-refractivity contribution in [3.8, 4) is 0 Å². The summed E-state index contributed by atoms with van der Waals surface area (Å²) in [6, 6.07) is 3.44. The fourth-order valence-electron chi connectivity index (χ4n) is 1.45. The minimum Gasteiger partial charge on any atom is -0.379 e. The molecule has 1 saturated heterocycles. The summed E-state index contributed by atoms with van der Waals surface area (Å²) in [7, 11) is 0. The van der Waals surface area contributed by atoms with Crippen LogP contribution < -0.4 is 11.1 Å². The van der Waals surface area contributed by atoms with Gasteiger partial charge in [-0.15, -0.1) is 0 Å². The number of anilines is 1. The first kappa shape index (κ1) is 10.1. The second kappa shape index (κ2) is 3.96. The smallest absolute Gasteiger partial charge is 0.246 e. The molecule has 0 bridgehead atoms. The predicted octanol–water partition coefficient (Wildman–Crippen LogP) is 0.138. The lowest BCUT2D eigenvalue weighted by atomic mass is 9.99. The molecule has 15 heavy (non-hydrogen) atoms. The molecular formula is C10H13N3O2. The van der Waals surface area contributed by atoms with E-state index in [2.05, 4.69) is 10.3 Å². The van der Waals surface area contributed by atoms with Gasteiger partial charge in [0.2, 0.25) is 5.91 Å². The zero-order valence-corrected chi connectivity index (χ0v) is 8.27. The predicted molar refractivity (Wildman–Crippen MR) is 55.2 cm³/mol. The molecule has 80 valence electrons. The first-order chi connectivity index (χ1) is 7.21. The number of ether oxygens (including phenoxy) is 1. The standard InChI is InChI=1S/C10H13N3O2/c11-10(3-6-15-7-10)9(14)13-8-1-4-12-5-2-8/h1-2,4-5H,3,6-7,11H2,(H,12,13,14). The molecule has 0 spiro atoms. The molecule has 5 heteroatoms. The second-order valence-corrected chi connectivity index (χ2v) is 3.65. The lowest BCUT2D eigenvalue weighted by Gasteiger charge is -2.20. The summed E-state index contributed by atoms with van der Waals surface area (Å²) in [6.45, 7) is 0.824. The van der Waals surface area contributed by atoms with Crippen LogP contribution in [0.2, 0.25) is 0 Å². The van der Waals surface area contributed by atoms with Crippen LogP contribution in [0.5, 0.6) is 0 Å². The Hall–Kier alpha value is -1.46. The van der Waals surface area contributed by atoms with Crippen LogP contribution in [0.15, 0.2) is 24.5 Å². The number of nitrogens with zero attached hydrogens (tertiary/aromatic N) is 1. The number of pyridine rings is 1. The molecule has 1 aromatic rings. The van der Waals surface area contributed by atoms with Crippen molar-refractivity contribution in [2.75, 3.05) is 18.5 Å². The minimum absolute atomic E-state index is 0.203. The third-order valence-electron chi connectivity index (χ3n) is 2.44. The molecular weight excluding hydrogens is 194 g/mol. The maximum absolute atomic E-state index is 11.8. The monoisotopic (exact) mass is 207 g/mol. The number of carbonyl (C=O) groups excluding carboxylic acids is 1. The number of aromatic nitrogens is 1. The highest BCUT2D eigenvalue weighted by atomic mass is 16.5. The average molecular weight is 207 g/mol. The van der Waals surface area contributed by atoms with Crippen molar-refractivity contribution in [3.05, 3.63) is 24.5 Å². The van der Waals surface area contributed by atoms with Crippen LogP contribution in [-0.2, 0) is 9.53 Å². The Balaban J connectivity index is 2.04. The fourth-order valence-corrected chi connectivity index (χ4v) is 1.45. The number of carbonyl (C=O) groups is 1. The average Bonchev–Trinajstić information content (AvgIpc) is 2.68. The van der Waals surface area contributed by atoms with E-state index < -0.39 is 5.54 Å². The summed E-state index contributed by atoms with van der Waals surface area (Å²) in [5.41, 5.74) is 5.71. The van der Waals surface area contributed by atoms with Crippen molar-refractivity contribution >= 4 is 11.6 Å². The lowest BCUT2D eigenvalue weighted by molar-refractivity contribution is -0.121. The quantitative estimate of drug-likeness (QED) is 0.723. The lowest BCUT2D eigenvalue weighted by Crippen LogP contribution is -2.51. The van der Waals surface area contributed by atoms with Gasteiger partial charge in [-0.05, 0) is 18.6 Å². The molecule has 3 N–H and O–H groups in total.